The lowest BCUT2D eigenvalue weighted by molar-refractivity contribution is -0.384. The minimum Gasteiger partial charge on any atom is -0.378 e. The molecular weight excluding hydrogens is 388 g/mol. The van der Waals surface area contributed by atoms with E-state index in [2.05, 4.69) is 0 Å². The molecule has 2 heterocycles. The van der Waals surface area contributed by atoms with Crippen molar-refractivity contribution >= 4 is 28.7 Å². The zero-order valence-electron chi connectivity index (χ0n) is 16.1. The molecule has 30 heavy (non-hydrogen) atoms. The van der Waals surface area contributed by atoms with Crippen molar-refractivity contribution in [1.29, 1.82) is 0 Å². The summed E-state index contributed by atoms with van der Waals surface area (Å²) in [6.45, 7) is 0.567. The topological polar surface area (TPSA) is 107 Å². The number of anilines is 1. The first-order valence-electron chi connectivity index (χ1n) is 9.79. The SMILES string of the molecule is O=C1C(=O)[C@H](C[C@H]2CCCO2)N(c2ccccc2[N+](=O)[O-])C1C(=O)c1ccccc1. The van der Waals surface area contributed by atoms with Crippen molar-refractivity contribution in [3.05, 3.63) is 70.3 Å². The lowest BCUT2D eigenvalue weighted by atomic mass is 10.0. The van der Waals surface area contributed by atoms with E-state index in [9.17, 15) is 24.5 Å². The Hall–Kier alpha value is -3.39. The standard InChI is InChI=1S/C22H20N2O6/c25-20(14-7-2-1-3-8-14)19-22(27)21(26)18(13-15-9-6-12-30-15)23(19)16-10-4-5-11-17(16)24(28)29/h1-5,7-8,10-11,15,18-19H,6,9,12-13H2/t15-,18+,19?/m1/s1. The van der Waals surface area contributed by atoms with Crippen molar-refractivity contribution in [3.63, 3.8) is 0 Å². The maximum Gasteiger partial charge on any atom is 0.292 e. The van der Waals surface area contributed by atoms with Gasteiger partial charge in [0.25, 0.3) is 5.69 Å². The summed E-state index contributed by atoms with van der Waals surface area (Å²) in [6, 6.07) is 11.6. The lowest BCUT2D eigenvalue weighted by Crippen LogP contribution is -2.44. The lowest BCUT2D eigenvalue weighted by Gasteiger charge is -2.30. The number of carbonyl (C=O) groups is 3. The van der Waals surface area contributed by atoms with Crippen molar-refractivity contribution in [2.75, 3.05) is 11.5 Å². The van der Waals surface area contributed by atoms with Gasteiger partial charge in [0.1, 0.15) is 5.69 Å². The molecule has 2 aliphatic heterocycles. The molecule has 0 radical (unpaired) electrons. The van der Waals surface area contributed by atoms with E-state index in [-0.39, 0.29) is 29.5 Å². The zero-order valence-corrected chi connectivity index (χ0v) is 16.1. The quantitative estimate of drug-likeness (QED) is 0.238. The molecule has 0 aliphatic carbocycles. The molecule has 4 rings (SSSR count). The van der Waals surface area contributed by atoms with E-state index >= 15 is 0 Å². The fourth-order valence-corrected chi connectivity index (χ4v) is 4.18. The van der Waals surface area contributed by atoms with Crippen LogP contribution in [-0.4, -0.2) is 47.1 Å². The van der Waals surface area contributed by atoms with Crippen LogP contribution < -0.4 is 4.90 Å². The number of ketones is 3. The molecule has 8 nitrogen and oxygen atoms in total. The van der Waals surface area contributed by atoms with Crippen LogP contribution in [0.4, 0.5) is 11.4 Å². The fraction of sp³-hybridized carbons (Fsp3) is 0.318. The molecule has 1 unspecified atom stereocenters. The number of rotatable bonds is 6. The summed E-state index contributed by atoms with van der Waals surface area (Å²) < 4.78 is 5.63. The minimum atomic E-state index is -1.44. The molecule has 2 aromatic rings. The Kier molecular flexibility index (Phi) is 5.41. The number of hydrogen-bond acceptors (Lipinski definition) is 7. The summed E-state index contributed by atoms with van der Waals surface area (Å²) in [4.78, 5) is 51.5. The van der Waals surface area contributed by atoms with E-state index in [1.54, 1.807) is 36.4 Å². The first-order valence-corrected chi connectivity index (χ1v) is 9.79. The molecule has 0 saturated carbocycles. The van der Waals surface area contributed by atoms with E-state index in [0.29, 0.717) is 6.61 Å². The van der Waals surface area contributed by atoms with Crippen LogP contribution in [0.2, 0.25) is 0 Å². The van der Waals surface area contributed by atoms with Gasteiger partial charge in [0.2, 0.25) is 11.6 Å². The third-order valence-electron chi connectivity index (χ3n) is 5.58. The molecule has 0 N–H and O–H groups in total. The molecule has 154 valence electrons. The summed E-state index contributed by atoms with van der Waals surface area (Å²) in [5.74, 6) is -2.11. The number of benzene rings is 2. The molecule has 2 saturated heterocycles. The highest BCUT2D eigenvalue weighted by Gasteiger charge is 2.53. The maximum atomic E-state index is 13.2. The summed E-state index contributed by atoms with van der Waals surface area (Å²) in [5, 5.41) is 11.6. The first-order chi connectivity index (χ1) is 14.5. The molecule has 3 atom stereocenters. The number of nitrogens with zero attached hydrogens (tertiary/aromatic N) is 2. The Morgan fingerprint density at radius 1 is 1.07 bits per heavy atom. The fourth-order valence-electron chi connectivity index (χ4n) is 4.18. The van der Waals surface area contributed by atoms with Gasteiger partial charge in [0.15, 0.2) is 11.8 Å². The predicted molar refractivity (Wildman–Crippen MR) is 108 cm³/mol. The minimum absolute atomic E-state index is 0.0824. The molecule has 2 fully saturated rings. The van der Waals surface area contributed by atoms with E-state index in [0.717, 1.165) is 12.8 Å². The van der Waals surface area contributed by atoms with E-state index in [4.69, 9.17) is 4.74 Å². The van der Waals surface area contributed by atoms with Gasteiger partial charge in [-0.25, -0.2) is 0 Å². The number of carbonyl (C=O) groups excluding carboxylic acids is 3. The maximum absolute atomic E-state index is 13.2. The second-order valence-electron chi connectivity index (χ2n) is 7.40. The molecule has 0 bridgehead atoms. The highest BCUT2D eigenvalue weighted by molar-refractivity contribution is 6.50. The van der Waals surface area contributed by atoms with Crippen molar-refractivity contribution < 1.29 is 24.0 Å². The van der Waals surface area contributed by atoms with Crippen molar-refractivity contribution in [1.82, 2.24) is 0 Å². The first kappa shape index (κ1) is 19.9. The second-order valence-corrected chi connectivity index (χ2v) is 7.40. The third kappa shape index (κ3) is 3.50. The Balaban J connectivity index is 1.81. The molecule has 2 aromatic carbocycles. The van der Waals surface area contributed by atoms with Crippen LogP contribution in [0.5, 0.6) is 0 Å². The summed E-state index contributed by atoms with van der Waals surface area (Å²) in [5.41, 5.74) is 0.0900. The van der Waals surface area contributed by atoms with E-state index in [1.165, 1.54) is 23.1 Å². The van der Waals surface area contributed by atoms with E-state index in [1.807, 2.05) is 0 Å². The zero-order chi connectivity index (χ0) is 21.3. The third-order valence-corrected chi connectivity index (χ3v) is 5.58. The van der Waals surface area contributed by atoms with Crippen LogP contribution >= 0.6 is 0 Å². The number of nitro groups is 1. The average Bonchev–Trinajstić information content (AvgIpc) is 3.36. The van der Waals surface area contributed by atoms with Crippen LogP contribution in [0, 0.1) is 10.1 Å². The van der Waals surface area contributed by atoms with Crippen LogP contribution in [0.3, 0.4) is 0 Å². The summed E-state index contributed by atoms with van der Waals surface area (Å²) in [7, 11) is 0. The largest absolute Gasteiger partial charge is 0.378 e. The number of nitro benzene ring substituents is 1. The van der Waals surface area contributed by atoms with Crippen molar-refractivity contribution in [2.24, 2.45) is 0 Å². The Morgan fingerprint density at radius 3 is 2.43 bits per heavy atom. The van der Waals surface area contributed by atoms with Crippen molar-refractivity contribution in [3.8, 4) is 0 Å². The van der Waals surface area contributed by atoms with Gasteiger partial charge in [-0.2, -0.15) is 0 Å². The highest BCUT2D eigenvalue weighted by Crippen LogP contribution is 2.37. The number of hydrogen-bond donors (Lipinski definition) is 0. The van der Waals surface area contributed by atoms with Gasteiger partial charge in [-0.3, -0.25) is 24.5 Å². The second kappa shape index (κ2) is 8.16. The van der Waals surface area contributed by atoms with Gasteiger partial charge in [-0.1, -0.05) is 42.5 Å². The Morgan fingerprint density at radius 2 is 1.77 bits per heavy atom. The van der Waals surface area contributed by atoms with Gasteiger partial charge < -0.3 is 9.64 Å². The summed E-state index contributed by atoms with van der Waals surface area (Å²) >= 11 is 0. The Bertz CT molecular complexity index is 1000. The van der Waals surface area contributed by atoms with Gasteiger partial charge in [-0.05, 0) is 18.9 Å². The number of ether oxygens (including phenoxy) is 1. The number of Topliss-reactive ketones (excluding diaryl/α,β-unsaturated/α-hetero) is 3. The monoisotopic (exact) mass is 408 g/mol. The molecule has 0 aromatic heterocycles. The molecule has 0 spiro atoms. The van der Waals surface area contributed by atoms with Crippen molar-refractivity contribution in [2.45, 2.75) is 37.5 Å². The van der Waals surface area contributed by atoms with Gasteiger partial charge in [0, 0.05) is 24.7 Å². The molecule has 8 heteroatoms. The van der Waals surface area contributed by atoms with E-state index < -0.39 is 34.4 Å². The van der Waals surface area contributed by atoms with Gasteiger partial charge in [-0.15, -0.1) is 0 Å². The van der Waals surface area contributed by atoms with Crippen LogP contribution in [0.25, 0.3) is 0 Å². The van der Waals surface area contributed by atoms with Gasteiger partial charge in [0.05, 0.1) is 17.1 Å². The molecular formula is C22H20N2O6. The van der Waals surface area contributed by atoms with Gasteiger partial charge >= 0.3 is 0 Å². The normalized spacial score (nSPS) is 23.7. The average molecular weight is 408 g/mol. The number of para-hydroxylation sites is 2. The highest BCUT2D eigenvalue weighted by atomic mass is 16.6. The van der Waals surface area contributed by atoms with Crippen LogP contribution in [0.15, 0.2) is 54.6 Å². The van der Waals surface area contributed by atoms with Crippen LogP contribution in [-0.2, 0) is 14.3 Å². The molecule has 0 amide bonds. The Labute approximate surface area is 172 Å². The van der Waals surface area contributed by atoms with Crippen LogP contribution in [0.1, 0.15) is 29.6 Å². The predicted octanol–water partition coefficient (Wildman–Crippen LogP) is 2.74. The summed E-state index contributed by atoms with van der Waals surface area (Å²) in [6.07, 6.45) is 1.55. The molecule has 2 aliphatic rings. The smallest absolute Gasteiger partial charge is 0.292 e.